The van der Waals surface area contributed by atoms with E-state index >= 15 is 0 Å². The van der Waals surface area contributed by atoms with Crippen LogP contribution in [0.4, 0.5) is 4.79 Å². The van der Waals surface area contributed by atoms with E-state index in [4.69, 9.17) is 5.11 Å². The third-order valence-corrected chi connectivity index (χ3v) is 3.97. The molecule has 2 rings (SSSR count). The zero-order valence-corrected chi connectivity index (χ0v) is 11.0. The van der Waals surface area contributed by atoms with Gasteiger partial charge in [-0.3, -0.25) is 4.90 Å². The van der Waals surface area contributed by atoms with Crippen LogP contribution in [-0.4, -0.2) is 52.2 Å². The van der Waals surface area contributed by atoms with Crippen LogP contribution in [0.1, 0.15) is 5.69 Å². The number of hydrogen-bond donors (Lipinski definition) is 1. The predicted molar refractivity (Wildman–Crippen MR) is 64.7 cm³/mol. The number of carbonyl (C=O) groups is 1. The molecule has 5 nitrogen and oxygen atoms in total. The van der Waals surface area contributed by atoms with Crippen molar-refractivity contribution in [2.45, 2.75) is 6.54 Å². The molecule has 1 fully saturated rings. The van der Waals surface area contributed by atoms with Crippen molar-refractivity contribution in [2.75, 3.05) is 26.2 Å². The van der Waals surface area contributed by atoms with Gasteiger partial charge in [-0.2, -0.15) is 0 Å². The van der Waals surface area contributed by atoms with Crippen LogP contribution in [0.3, 0.4) is 0 Å². The lowest BCUT2D eigenvalue weighted by molar-refractivity contribution is 0.102. The lowest BCUT2D eigenvalue weighted by Gasteiger charge is -2.32. The first-order valence-corrected chi connectivity index (χ1v) is 6.62. The summed E-state index contributed by atoms with van der Waals surface area (Å²) in [5.74, 6) is 0. The maximum atomic E-state index is 10.7. The number of thiazole rings is 1. The summed E-state index contributed by atoms with van der Waals surface area (Å²) >= 11 is 4.90. The van der Waals surface area contributed by atoms with Crippen LogP contribution in [0, 0.1) is 0 Å². The van der Waals surface area contributed by atoms with Crippen molar-refractivity contribution in [1.82, 2.24) is 14.8 Å². The number of carboxylic acid groups (broad SMARTS) is 1. The maximum absolute atomic E-state index is 10.7. The molecular formula is C9H12BrN3O2S. The van der Waals surface area contributed by atoms with Crippen LogP contribution in [0.15, 0.2) is 9.30 Å². The molecule has 0 saturated carbocycles. The Hall–Kier alpha value is -0.660. The molecule has 0 atom stereocenters. The lowest BCUT2D eigenvalue weighted by atomic mass is 10.3. The van der Waals surface area contributed by atoms with Gasteiger partial charge in [-0.1, -0.05) is 0 Å². The van der Waals surface area contributed by atoms with Crippen LogP contribution in [-0.2, 0) is 6.54 Å². The minimum Gasteiger partial charge on any atom is -0.465 e. The lowest BCUT2D eigenvalue weighted by Crippen LogP contribution is -2.47. The molecule has 7 heteroatoms. The van der Waals surface area contributed by atoms with E-state index in [9.17, 15) is 4.79 Å². The van der Waals surface area contributed by atoms with Crippen LogP contribution in [0.5, 0.6) is 0 Å². The third kappa shape index (κ3) is 2.93. The topological polar surface area (TPSA) is 56.7 Å². The molecule has 0 aliphatic carbocycles. The van der Waals surface area contributed by atoms with E-state index < -0.39 is 6.09 Å². The maximum Gasteiger partial charge on any atom is 0.407 e. The minimum atomic E-state index is -0.823. The molecule has 0 aromatic carbocycles. The highest BCUT2D eigenvalue weighted by Crippen LogP contribution is 2.17. The molecule has 2 heterocycles. The van der Waals surface area contributed by atoms with Crippen molar-refractivity contribution in [3.63, 3.8) is 0 Å². The van der Waals surface area contributed by atoms with Gasteiger partial charge in [-0.15, -0.1) is 11.3 Å². The average molecular weight is 306 g/mol. The Kier molecular flexibility index (Phi) is 3.78. The standard InChI is InChI=1S/C9H12BrN3O2S/c10-8-11-7(6-16-8)5-12-1-3-13(4-2-12)9(14)15/h6H,1-5H2,(H,14,15). The third-order valence-electron chi connectivity index (χ3n) is 2.55. The summed E-state index contributed by atoms with van der Waals surface area (Å²) < 4.78 is 0.895. The molecule has 1 aliphatic heterocycles. The van der Waals surface area contributed by atoms with Gasteiger partial charge in [0.2, 0.25) is 0 Å². The summed E-state index contributed by atoms with van der Waals surface area (Å²) in [7, 11) is 0. The van der Waals surface area contributed by atoms with Crippen molar-refractivity contribution < 1.29 is 9.90 Å². The smallest absolute Gasteiger partial charge is 0.407 e. The first-order chi connectivity index (χ1) is 7.65. The van der Waals surface area contributed by atoms with Crippen molar-refractivity contribution in [3.05, 3.63) is 15.0 Å². The van der Waals surface area contributed by atoms with Gasteiger partial charge in [0, 0.05) is 38.1 Å². The van der Waals surface area contributed by atoms with E-state index in [2.05, 4.69) is 25.8 Å². The number of nitrogens with zero attached hydrogens (tertiary/aromatic N) is 3. The molecular weight excluding hydrogens is 294 g/mol. The zero-order chi connectivity index (χ0) is 11.5. The molecule has 1 saturated heterocycles. The Balaban J connectivity index is 1.83. The summed E-state index contributed by atoms with van der Waals surface area (Å²) in [5, 5.41) is 10.8. The van der Waals surface area contributed by atoms with Crippen molar-refractivity contribution in [1.29, 1.82) is 0 Å². The number of hydrogen-bond acceptors (Lipinski definition) is 4. The summed E-state index contributed by atoms with van der Waals surface area (Å²) in [4.78, 5) is 18.7. The van der Waals surface area contributed by atoms with Crippen molar-refractivity contribution in [2.24, 2.45) is 0 Å². The van der Waals surface area contributed by atoms with E-state index in [0.29, 0.717) is 13.1 Å². The molecule has 16 heavy (non-hydrogen) atoms. The quantitative estimate of drug-likeness (QED) is 0.903. The van der Waals surface area contributed by atoms with Crippen molar-refractivity contribution in [3.8, 4) is 0 Å². The Morgan fingerprint density at radius 1 is 1.50 bits per heavy atom. The second-order valence-electron chi connectivity index (χ2n) is 3.64. The number of amides is 1. The van der Waals surface area contributed by atoms with Crippen molar-refractivity contribution >= 4 is 33.4 Å². The first kappa shape index (κ1) is 11.8. The van der Waals surface area contributed by atoms with Gasteiger partial charge >= 0.3 is 6.09 Å². The van der Waals surface area contributed by atoms with Gasteiger partial charge in [-0.25, -0.2) is 9.78 Å². The Morgan fingerprint density at radius 2 is 2.19 bits per heavy atom. The average Bonchev–Trinajstić information content (AvgIpc) is 2.65. The van der Waals surface area contributed by atoms with Gasteiger partial charge in [0.1, 0.15) is 0 Å². The second-order valence-corrected chi connectivity index (χ2v) is 5.77. The number of rotatable bonds is 2. The molecule has 1 amide bonds. The molecule has 88 valence electrons. The highest BCUT2D eigenvalue weighted by molar-refractivity contribution is 9.11. The zero-order valence-electron chi connectivity index (χ0n) is 8.60. The van der Waals surface area contributed by atoms with E-state index in [1.54, 1.807) is 11.3 Å². The Morgan fingerprint density at radius 3 is 2.69 bits per heavy atom. The predicted octanol–water partition coefficient (Wildman–Crippen LogP) is 1.70. The van der Waals surface area contributed by atoms with E-state index in [1.165, 1.54) is 4.90 Å². The minimum absolute atomic E-state index is 0.584. The summed E-state index contributed by atoms with van der Waals surface area (Å²) in [6, 6.07) is 0. The Bertz CT molecular complexity index is 377. The Labute approximate surface area is 106 Å². The largest absolute Gasteiger partial charge is 0.465 e. The molecule has 0 bridgehead atoms. The fourth-order valence-electron chi connectivity index (χ4n) is 1.68. The van der Waals surface area contributed by atoms with Crippen LogP contribution in [0.25, 0.3) is 0 Å². The molecule has 1 aliphatic rings. The first-order valence-electron chi connectivity index (χ1n) is 4.95. The van der Waals surface area contributed by atoms with Gasteiger partial charge in [0.05, 0.1) is 5.69 Å². The van der Waals surface area contributed by atoms with Gasteiger partial charge in [0.25, 0.3) is 0 Å². The molecule has 0 unspecified atom stereocenters. The van der Waals surface area contributed by atoms with E-state index in [1.807, 2.05) is 5.38 Å². The fourth-order valence-corrected chi connectivity index (χ4v) is 2.72. The fraction of sp³-hybridized carbons (Fsp3) is 0.556. The summed E-state index contributed by atoms with van der Waals surface area (Å²) in [6.45, 7) is 3.53. The normalized spacial score (nSPS) is 17.7. The van der Waals surface area contributed by atoms with Gasteiger partial charge in [-0.05, 0) is 15.9 Å². The number of aromatic nitrogens is 1. The van der Waals surface area contributed by atoms with Gasteiger partial charge < -0.3 is 10.0 Å². The van der Waals surface area contributed by atoms with E-state index in [0.717, 1.165) is 29.2 Å². The van der Waals surface area contributed by atoms with E-state index in [-0.39, 0.29) is 0 Å². The second kappa shape index (κ2) is 5.11. The molecule has 0 spiro atoms. The molecule has 1 N–H and O–H groups in total. The summed E-state index contributed by atoms with van der Waals surface area (Å²) in [5.41, 5.74) is 1.04. The number of halogens is 1. The monoisotopic (exact) mass is 305 g/mol. The van der Waals surface area contributed by atoms with Crippen LogP contribution >= 0.6 is 27.3 Å². The van der Waals surface area contributed by atoms with Gasteiger partial charge in [0.15, 0.2) is 3.92 Å². The highest BCUT2D eigenvalue weighted by atomic mass is 79.9. The van der Waals surface area contributed by atoms with Crippen LogP contribution < -0.4 is 0 Å². The summed E-state index contributed by atoms with van der Waals surface area (Å²) in [6.07, 6.45) is -0.823. The molecule has 0 radical (unpaired) electrons. The number of piperazine rings is 1. The van der Waals surface area contributed by atoms with Crippen LogP contribution in [0.2, 0.25) is 0 Å². The molecule has 1 aromatic heterocycles. The SMILES string of the molecule is O=C(O)N1CCN(Cc2csc(Br)n2)CC1. The highest BCUT2D eigenvalue weighted by Gasteiger charge is 2.20. The molecule has 1 aromatic rings.